The Morgan fingerprint density at radius 1 is 1.47 bits per heavy atom. The van der Waals surface area contributed by atoms with Crippen molar-refractivity contribution >= 4 is 18.1 Å². The van der Waals surface area contributed by atoms with Crippen LogP contribution in [0.3, 0.4) is 0 Å². The second kappa shape index (κ2) is 5.14. The molecule has 1 aromatic carbocycles. The summed E-state index contributed by atoms with van der Waals surface area (Å²) < 4.78 is 0. The van der Waals surface area contributed by atoms with Gasteiger partial charge < -0.3 is 5.11 Å². The Morgan fingerprint density at radius 3 is 2.67 bits per heavy atom. The predicted molar refractivity (Wildman–Crippen MR) is 57.5 cm³/mol. The molecule has 0 saturated carbocycles. The van der Waals surface area contributed by atoms with E-state index in [1.54, 1.807) is 24.3 Å². The molecule has 1 aromatic rings. The van der Waals surface area contributed by atoms with Crippen LogP contribution in [0.15, 0.2) is 24.3 Å². The molecule has 0 atom stereocenters. The Balaban J connectivity index is 3.09. The standard InChI is InChI=1S/C11H13NO3/c1-2-7-12(11(14)15)10-6-4-3-5-9(10)8-13/h3-6,8H,2,7H2,1H3,(H,14,15). The molecule has 1 N–H and O–H groups in total. The van der Waals surface area contributed by atoms with E-state index in [-0.39, 0.29) is 0 Å². The number of amides is 1. The van der Waals surface area contributed by atoms with E-state index >= 15 is 0 Å². The molecular weight excluding hydrogens is 194 g/mol. The van der Waals surface area contributed by atoms with Gasteiger partial charge in [0.25, 0.3) is 0 Å². The predicted octanol–water partition coefficient (Wildman–Crippen LogP) is 2.39. The Kier molecular flexibility index (Phi) is 3.85. The minimum Gasteiger partial charge on any atom is -0.465 e. The summed E-state index contributed by atoms with van der Waals surface area (Å²) in [7, 11) is 0. The van der Waals surface area contributed by atoms with E-state index in [1.807, 2.05) is 6.92 Å². The molecule has 0 saturated heterocycles. The number of rotatable bonds is 4. The van der Waals surface area contributed by atoms with Gasteiger partial charge in [0.05, 0.1) is 5.69 Å². The lowest BCUT2D eigenvalue weighted by molar-refractivity contribution is 0.112. The zero-order valence-corrected chi connectivity index (χ0v) is 8.51. The number of hydrogen-bond acceptors (Lipinski definition) is 2. The van der Waals surface area contributed by atoms with Crippen molar-refractivity contribution in [3.05, 3.63) is 29.8 Å². The fourth-order valence-electron chi connectivity index (χ4n) is 1.38. The first-order chi connectivity index (χ1) is 7.20. The van der Waals surface area contributed by atoms with Crippen LogP contribution in [0.4, 0.5) is 10.5 Å². The van der Waals surface area contributed by atoms with Crippen LogP contribution in [0.1, 0.15) is 23.7 Å². The van der Waals surface area contributed by atoms with Gasteiger partial charge in [-0.05, 0) is 18.6 Å². The van der Waals surface area contributed by atoms with Gasteiger partial charge >= 0.3 is 6.09 Å². The first-order valence-electron chi connectivity index (χ1n) is 4.75. The number of nitrogens with zero attached hydrogens (tertiary/aromatic N) is 1. The highest BCUT2D eigenvalue weighted by molar-refractivity contribution is 5.94. The van der Waals surface area contributed by atoms with E-state index in [1.165, 1.54) is 4.90 Å². The van der Waals surface area contributed by atoms with E-state index < -0.39 is 6.09 Å². The fourth-order valence-corrected chi connectivity index (χ4v) is 1.38. The van der Waals surface area contributed by atoms with E-state index in [2.05, 4.69) is 0 Å². The lowest BCUT2D eigenvalue weighted by Gasteiger charge is -2.19. The van der Waals surface area contributed by atoms with Gasteiger partial charge in [-0.2, -0.15) is 0 Å². The quantitative estimate of drug-likeness (QED) is 0.771. The van der Waals surface area contributed by atoms with Crippen molar-refractivity contribution in [2.45, 2.75) is 13.3 Å². The van der Waals surface area contributed by atoms with E-state index in [9.17, 15) is 9.59 Å². The monoisotopic (exact) mass is 207 g/mol. The van der Waals surface area contributed by atoms with Crippen molar-refractivity contribution < 1.29 is 14.7 Å². The van der Waals surface area contributed by atoms with Gasteiger partial charge in [-0.15, -0.1) is 0 Å². The molecule has 0 aliphatic rings. The van der Waals surface area contributed by atoms with Crippen molar-refractivity contribution in [2.24, 2.45) is 0 Å². The van der Waals surface area contributed by atoms with Gasteiger partial charge in [-0.1, -0.05) is 19.1 Å². The molecular formula is C11H13NO3. The number of hydrogen-bond donors (Lipinski definition) is 1. The Labute approximate surface area is 88.1 Å². The summed E-state index contributed by atoms with van der Waals surface area (Å²) in [5.74, 6) is 0. The maximum absolute atomic E-state index is 11.0. The Hall–Kier alpha value is -1.84. The fraction of sp³-hybridized carbons (Fsp3) is 0.273. The van der Waals surface area contributed by atoms with Crippen molar-refractivity contribution in [3.63, 3.8) is 0 Å². The summed E-state index contributed by atoms with van der Waals surface area (Å²) in [6.07, 6.45) is 0.339. The molecule has 0 unspecified atom stereocenters. The van der Waals surface area contributed by atoms with Gasteiger partial charge in [0.2, 0.25) is 0 Å². The van der Waals surface area contributed by atoms with Crippen LogP contribution in [0.25, 0.3) is 0 Å². The molecule has 0 radical (unpaired) electrons. The number of carbonyl (C=O) groups excluding carboxylic acids is 1. The minimum absolute atomic E-state index is 0.389. The molecule has 4 nitrogen and oxygen atoms in total. The lowest BCUT2D eigenvalue weighted by Crippen LogP contribution is -2.30. The highest BCUT2D eigenvalue weighted by Gasteiger charge is 2.15. The number of aldehydes is 1. The molecule has 0 spiro atoms. The van der Waals surface area contributed by atoms with Crippen LogP contribution < -0.4 is 4.90 Å². The maximum atomic E-state index is 11.0. The lowest BCUT2D eigenvalue weighted by atomic mass is 10.2. The van der Waals surface area contributed by atoms with E-state index in [4.69, 9.17) is 5.11 Å². The highest BCUT2D eigenvalue weighted by atomic mass is 16.4. The SMILES string of the molecule is CCCN(C(=O)O)c1ccccc1C=O. The molecule has 0 aliphatic heterocycles. The van der Waals surface area contributed by atoms with Gasteiger partial charge in [-0.3, -0.25) is 9.69 Å². The van der Waals surface area contributed by atoms with Gasteiger partial charge in [-0.25, -0.2) is 4.79 Å². The first kappa shape index (κ1) is 11.2. The zero-order valence-electron chi connectivity index (χ0n) is 8.51. The van der Waals surface area contributed by atoms with E-state index in [0.717, 1.165) is 0 Å². The number of benzene rings is 1. The summed E-state index contributed by atoms with van der Waals surface area (Å²) in [5.41, 5.74) is 0.843. The number of carbonyl (C=O) groups is 2. The summed E-state index contributed by atoms with van der Waals surface area (Å²) >= 11 is 0. The molecule has 0 bridgehead atoms. The highest BCUT2D eigenvalue weighted by Crippen LogP contribution is 2.19. The Morgan fingerprint density at radius 2 is 2.13 bits per heavy atom. The second-order valence-corrected chi connectivity index (χ2v) is 3.11. The normalized spacial score (nSPS) is 9.67. The number of para-hydroxylation sites is 1. The van der Waals surface area contributed by atoms with Crippen LogP contribution in [0.2, 0.25) is 0 Å². The molecule has 0 fully saturated rings. The van der Waals surface area contributed by atoms with Gasteiger partial charge in [0.15, 0.2) is 6.29 Å². The molecule has 0 aliphatic carbocycles. The average molecular weight is 207 g/mol. The summed E-state index contributed by atoms with van der Waals surface area (Å²) in [6, 6.07) is 6.66. The van der Waals surface area contributed by atoms with E-state index in [0.29, 0.717) is 30.5 Å². The summed E-state index contributed by atoms with van der Waals surface area (Å²) in [6.45, 7) is 2.28. The number of anilines is 1. The van der Waals surface area contributed by atoms with Gasteiger partial charge in [0.1, 0.15) is 0 Å². The maximum Gasteiger partial charge on any atom is 0.411 e. The third kappa shape index (κ3) is 2.56. The molecule has 80 valence electrons. The van der Waals surface area contributed by atoms with Crippen molar-refractivity contribution in [1.82, 2.24) is 0 Å². The van der Waals surface area contributed by atoms with Gasteiger partial charge in [0, 0.05) is 12.1 Å². The topological polar surface area (TPSA) is 57.6 Å². The zero-order chi connectivity index (χ0) is 11.3. The summed E-state index contributed by atoms with van der Waals surface area (Å²) in [5, 5.41) is 8.99. The van der Waals surface area contributed by atoms with Crippen LogP contribution in [-0.4, -0.2) is 24.0 Å². The first-order valence-corrected chi connectivity index (χ1v) is 4.75. The average Bonchev–Trinajstić information content (AvgIpc) is 2.25. The molecule has 4 heteroatoms. The Bertz CT molecular complexity index is 363. The molecule has 1 rings (SSSR count). The summed E-state index contributed by atoms with van der Waals surface area (Å²) in [4.78, 5) is 22.9. The van der Waals surface area contributed by atoms with Crippen LogP contribution in [0, 0.1) is 0 Å². The smallest absolute Gasteiger partial charge is 0.411 e. The largest absolute Gasteiger partial charge is 0.465 e. The molecule has 15 heavy (non-hydrogen) atoms. The molecule has 1 amide bonds. The van der Waals surface area contributed by atoms with Crippen molar-refractivity contribution in [1.29, 1.82) is 0 Å². The van der Waals surface area contributed by atoms with Crippen LogP contribution in [-0.2, 0) is 0 Å². The van der Waals surface area contributed by atoms with Crippen LogP contribution in [0.5, 0.6) is 0 Å². The third-order valence-corrected chi connectivity index (χ3v) is 2.03. The van der Waals surface area contributed by atoms with Crippen molar-refractivity contribution in [3.8, 4) is 0 Å². The second-order valence-electron chi connectivity index (χ2n) is 3.11. The molecule has 0 heterocycles. The van der Waals surface area contributed by atoms with Crippen LogP contribution >= 0.6 is 0 Å². The third-order valence-electron chi connectivity index (χ3n) is 2.03. The minimum atomic E-state index is -1.04. The number of carboxylic acid groups (broad SMARTS) is 1. The molecule has 0 aromatic heterocycles. The van der Waals surface area contributed by atoms with Crippen molar-refractivity contribution in [2.75, 3.05) is 11.4 Å².